The van der Waals surface area contributed by atoms with Gasteiger partial charge in [-0.25, -0.2) is 23.8 Å². The molecule has 0 fully saturated rings. The van der Waals surface area contributed by atoms with E-state index in [0.29, 0.717) is 5.69 Å². The van der Waals surface area contributed by atoms with E-state index in [-0.39, 0.29) is 58.3 Å². The summed E-state index contributed by atoms with van der Waals surface area (Å²) in [4.78, 5) is 24.2. The van der Waals surface area contributed by atoms with E-state index in [0.717, 1.165) is 16.8 Å². The lowest BCUT2D eigenvalue weighted by atomic mass is 10.1. The molecule has 0 aliphatic heterocycles. The highest BCUT2D eigenvalue weighted by atomic mass is 35.5. The molecular formula is C23H17ClF4N6O4. The van der Waals surface area contributed by atoms with E-state index >= 15 is 0 Å². The Hall–Kier alpha value is -4.30. The number of nitrogens with one attached hydrogen (secondary N) is 1. The summed E-state index contributed by atoms with van der Waals surface area (Å²) < 4.78 is 59.7. The highest BCUT2D eigenvalue weighted by Crippen LogP contribution is 2.33. The molecule has 4 aromatic rings. The van der Waals surface area contributed by atoms with Crippen LogP contribution in [0.4, 0.5) is 29.2 Å². The molecule has 15 heteroatoms. The normalized spacial score (nSPS) is 11.4. The van der Waals surface area contributed by atoms with Gasteiger partial charge >= 0.3 is 12.1 Å². The first-order chi connectivity index (χ1) is 18.0. The molecule has 0 saturated heterocycles. The van der Waals surface area contributed by atoms with Crippen LogP contribution in [0.25, 0.3) is 16.9 Å². The Morgan fingerprint density at radius 1 is 1.18 bits per heavy atom. The summed E-state index contributed by atoms with van der Waals surface area (Å²) in [6.45, 7) is 0.795. The smallest absolute Gasteiger partial charge is 0.435 e. The Morgan fingerprint density at radius 3 is 2.58 bits per heavy atom. The molecule has 198 valence electrons. The van der Waals surface area contributed by atoms with Crippen LogP contribution in [0, 0.1) is 12.7 Å². The summed E-state index contributed by atoms with van der Waals surface area (Å²) in [6, 6.07) is 5.73. The highest BCUT2D eigenvalue weighted by molar-refractivity contribution is 6.31. The van der Waals surface area contributed by atoms with Crippen LogP contribution in [0.15, 0.2) is 42.7 Å². The number of carbonyl (C=O) groups is 1. The monoisotopic (exact) mass is 552 g/mol. The van der Waals surface area contributed by atoms with E-state index in [1.807, 2.05) is 0 Å². The average Bonchev–Trinajstić information content (AvgIpc) is 3.27. The second-order valence-corrected chi connectivity index (χ2v) is 8.13. The number of nitrogens with zero attached hydrogens (tertiary/aromatic N) is 5. The maximum Gasteiger partial charge on any atom is 0.435 e. The van der Waals surface area contributed by atoms with Gasteiger partial charge in [0.25, 0.3) is 0 Å². The summed E-state index contributed by atoms with van der Waals surface area (Å²) in [5, 5.41) is 24.8. The molecule has 0 unspecified atom stereocenters. The van der Waals surface area contributed by atoms with Crippen molar-refractivity contribution >= 4 is 29.2 Å². The average molecular weight is 553 g/mol. The standard InChI is InChI=1S/C23H17ClF4N6O4/c1-11-6-18(23(26,27)28)33-34(11)19-15(12-7-14(21(36)37)20(29-9-12)38-5-4-35)10-30-22(32-19)31-13-2-3-17(25)16(24)8-13/h2-3,6-10,35H,4-5H2,1H3,(H,36,37)(H,30,31,32). The number of carboxylic acid groups (broad SMARTS) is 1. The lowest BCUT2D eigenvalue weighted by molar-refractivity contribution is -0.141. The first kappa shape index (κ1) is 26.8. The van der Waals surface area contributed by atoms with Gasteiger partial charge in [-0.2, -0.15) is 23.3 Å². The molecule has 4 rings (SSSR count). The van der Waals surface area contributed by atoms with Crippen LogP contribution in [0.5, 0.6) is 5.88 Å². The van der Waals surface area contributed by atoms with Crippen molar-refractivity contribution in [3.63, 3.8) is 0 Å². The fourth-order valence-corrected chi connectivity index (χ4v) is 3.52. The number of benzene rings is 1. The van der Waals surface area contributed by atoms with Gasteiger partial charge < -0.3 is 20.3 Å². The summed E-state index contributed by atoms with van der Waals surface area (Å²) >= 11 is 5.81. The molecule has 0 bridgehead atoms. The van der Waals surface area contributed by atoms with Crippen LogP contribution in [0.1, 0.15) is 21.7 Å². The Bertz CT molecular complexity index is 1510. The van der Waals surface area contributed by atoms with Crippen molar-refractivity contribution in [1.29, 1.82) is 0 Å². The third-order valence-corrected chi connectivity index (χ3v) is 5.34. The topological polar surface area (TPSA) is 135 Å². The van der Waals surface area contributed by atoms with Crippen LogP contribution in [-0.4, -0.2) is 54.1 Å². The third-order valence-electron chi connectivity index (χ3n) is 5.05. The molecule has 3 heterocycles. The number of aromatic nitrogens is 5. The molecular weight excluding hydrogens is 536 g/mol. The number of hydrogen-bond acceptors (Lipinski definition) is 8. The predicted octanol–water partition coefficient (Wildman–Crippen LogP) is 4.66. The largest absolute Gasteiger partial charge is 0.477 e. The molecule has 3 aromatic heterocycles. The Balaban J connectivity index is 1.86. The van der Waals surface area contributed by atoms with Gasteiger partial charge in [0, 0.05) is 34.9 Å². The summed E-state index contributed by atoms with van der Waals surface area (Å²) in [6.07, 6.45) is -2.28. The number of halogens is 5. The SMILES string of the molecule is Cc1cc(C(F)(F)F)nn1-c1nc(Nc2ccc(F)c(Cl)c2)ncc1-c1cnc(OCCO)c(C(=O)O)c1. The van der Waals surface area contributed by atoms with E-state index in [2.05, 4.69) is 25.4 Å². The van der Waals surface area contributed by atoms with Crippen LogP contribution in [-0.2, 0) is 6.18 Å². The van der Waals surface area contributed by atoms with Gasteiger partial charge in [-0.15, -0.1) is 0 Å². The van der Waals surface area contributed by atoms with Crippen molar-refractivity contribution in [2.24, 2.45) is 0 Å². The second kappa shape index (κ2) is 10.6. The van der Waals surface area contributed by atoms with E-state index in [9.17, 15) is 27.5 Å². The number of hydrogen-bond donors (Lipinski definition) is 3. The van der Waals surface area contributed by atoms with Crippen molar-refractivity contribution in [3.8, 4) is 22.8 Å². The van der Waals surface area contributed by atoms with Gasteiger partial charge in [-0.05, 0) is 37.3 Å². The number of anilines is 2. The van der Waals surface area contributed by atoms with Crippen molar-refractivity contribution in [2.45, 2.75) is 13.1 Å². The first-order valence-electron chi connectivity index (χ1n) is 10.7. The fourth-order valence-electron chi connectivity index (χ4n) is 3.34. The van der Waals surface area contributed by atoms with Gasteiger partial charge in [-0.3, -0.25) is 0 Å². The lowest BCUT2D eigenvalue weighted by Gasteiger charge is -2.14. The summed E-state index contributed by atoms with van der Waals surface area (Å²) in [5.74, 6) is -2.54. The van der Waals surface area contributed by atoms with Crippen LogP contribution in [0.3, 0.4) is 0 Å². The number of carboxylic acids is 1. The fraction of sp³-hybridized carbons (Fsp3) is 0.174. The van der Waals surface area contributed by atoms with Gasteiger partial charge in [0.2, 0.25) is 11.8 Å². The van der Waals surface area contributed by atoms with E-state index in [1.54, 1.807) is 0 Å². The highest BCUT2D eigenvalue weighted by Gasteiger charge is 2.35. The molecule has 0 atom stereocenters. The zero-order valence-corrected chi connectivity index (χ0v) is 20.0. The molecule has 0 amide bonds. The Kier molecular flexibility index (Phi) is 7.46. The molecule has 10 nitrogen and oxygen atoms in total. The third kappa shape index (κ3) is 5.65. The molecule has 0 aliphatic rings. The van der Waals surface area contributed by atoms with Crippen molar-refractivity contribution in [3.05, 3.63) is 70.5 Å². The number of aromatic carboxylic acids is 1. The van der Waals surface area contributed by atoms with Crippen molar-refractivity contribution < 1.29 is 37.3 Å². The molecule has 38 heavy (non-hydrogen) atoms. The number of pyridine rings is 1. The van der Waals surface area contributed by atoms with Crippen molar-refractivity contribution in [1.82, 2.24) is 24.7 Å². The first-order valence-corrected chi connectivity index (χ1v) is 11.1. The van der Waals surface area contributed by atoms with E-state index < -0.39 is 23.7 Å². The number of ether oxygens (including phenoxy) is 1. The van der Waals surface area contributed by atoms with Crippen LogP contribution in [0.2, 0.25) is 5.02 Å². The zero-order chi connectivity index (χ0) is 27.6. The maximum atomic E-state index is 13.5. The van der Waals surface area contributed by atoms with Gasteiger partial charge in [0.15, 0.2) is 11.5 Å². The lowest BCUT2D eigenvalue weighted by Crippen LogP contribution is -2.11. The Morgan fingerprint density at radius 2 is 1.95 bits per heavy atom. The molecule has 0 aliphatic carbocycles. The molecule has 0 spiro atoms. The van der Waals surface area contributed by atoms with Crippen LogP contribution >= 0.6 is 11.6 Å². The number of aryl methyl sites for hydroxylation is 1. The minimum atomic E-state index is -4.74. The van der Waals surface area contributed by atoms with E-state index in [4.69, 9.17) is 21.4 Å². The quantitative estimate of drug-likeness (QED) is 0.267. The number of aliphatic hydroxyl groups excluding tert-OH is 1. The molecule has 3 N–H and O–H groups in total. The predicted molar refractivity (Wildman–Crippen MR) is 126 cm³/mol. The van der Waals surface area contributed by atoms with E-state index in [1.165, 1.54) is 37.5 Å². The summed E-state index contributed by atoms with van der Waals surface area (Å²) in [7, 11) is 0. The maximum absolute atomic E-state index is 13.5. The number of aliphatic hydroxyl groups is 1. The van der Waals surface area contributed by atoms with Crippen LogP contribution < -0.4 is 10.1 Å². The molecule has 0 saturated carbocycles. The Labute approximate surface area is 216 Å². The number of rotatable bonds is 8. The van der Waals surface area contributed by atoms with Gasteiger partial charge in [-0.1, -0.05) is 11.6 Å². The minimum Gasteiger partial charge on any atom is -0.477 e. The van der Waals surface area contributed by atoms with Crippen molar-refractivity contribution in [2.75, 3.05) is 18.5 Å². The zero-order valence-electron chi connectivity index (χ0n) is 19.3. The van der Waals surface area contributed by atoms with Gasteiger partial charge in [0.05, 0.1) is 11.6 Å². The summed E-state index contributed by atoms with van der Waals surface area (Å²) in [5.41, 5.74) is -0.939. The minimum absolute atomic E-state index is 0.0716. The second-order valence-electron chi connectivity index (χ2n) is 7.72. The molecule has 1 aromatic carbocycles. The molecule has 0 radical (unpaired) electrons. The van der Waals surface area contributed by atoms with Gasteiger partial charge in [0.1, 0.15) is 18.0 Å². The number of alkyl halides is 3.